The molecular weight excluding hydrogens is 507 g/mol. The summed E-state index contributed by atoms with van der Waals surface area (Å²) < 4.78 is 27.3. The summed E-state index contributed by atoms with van der Waals surface area (Å²) >= 11 is 6.17. The molecule has 0 atom stereocenters. The highest BCUT2D eigenvalue weighted by molar-refractivity contribution is 6.30. The van der Waals surface area contributed by atoms with Crippen LogP contribution in [-0.4, -0.2) is 19.5 Å². The van der Waals surface area contributed by atoms with Gasteiger partial charge in [-0.2, -0.15) is 0 Å². The van der Waals surface area contributed by atoms with Gasteiger partial charge in [-0.25, -0.2) is 14.2 Å². The predicted octanol–water partition coefficient (Wildman–Crippen LogP) is 5.96. The van der Waals surface area contributed by atoms with Crippen LogP contribution in [0.4, 0.5) is 4.39 Å². The van der Waals surface area contributed by atoms with E-state index >= 15 is 0 Å². The van der Waals surface area contributed by atoms with Crippen molar-refractivity contribution in [2.75, 3.05) is 0 Å². The van der Waals surface area contributed by atoms with E-state index in [4.69, 9.17) is 20.9 Å². The lowest BCUT2D eigenvalue weighted by molar-refractivity contribution is 0.305. The number of nitrogens with one attached hydrogen (secondary N) is 1. The summed E-state index contributed by atoms with van der Waals surface area (Å²) in [5.74, 6) is 0.0850. The molecule has 0 unspecified atom stereocenters. The van der Waals surface area contributed by atoms with Gasteiger partial charge < -0.3 is 9.14 Å². The van der Waals surface area contributed by atoms with Crippen molar-refractivity contribution in [1.82, 2.24) is 19.5 Å². The number of hydrogen-bond donors (Lipinski definition) is 1. The minimum atomic E-state index is -0.608. The lowest BCUT2D eigenvalue weighted by Crippen LogP contribution is -2.03. The molecule has 1 aliphatic carbocycles. The Labute approximate surface area is 221 Å². The number of aromatic amines is 1. The summed E-state index contributed by atoms with van der Waals surface area (Å²) in [7, 11) is 0. The molecule has 4 heterocycles. The van der Waals surface area contributed by atoms with Crippen molar-refractivity contribution in [3.05, 3.63) is 116 Å². The van der Waals surface area contributed by atoms with Crippen LogP contribution in [0.2, 0.25) is 5.02 Å². The van der Waals surface area contributed by atoms with E-state index in [1.165, 1.54) is 12.1 Å². The maximum Gasteiger partial charge on any atom is 0.439 e. The number of aromatic nitrogens is 4. The van der Waals surface area contributed by atoms with Crippen LogP contribution in [0.3, 0.4) is 0 Å². The Balaban J connectivity index is 1.39. The number of imidazole rings is 1. The summed E-state index contributed by atoms with van der Waals surface area (Å²) in [5.41, 5.74) is 8.37. The van der Waals surface area contributed by atoms with E-state index in [1.54, 1.807) is 6.07 Å². The number of allylic oxidation sites excluding steroid dienone is 1. The monoisotopic (exact) mass is 528 g/mol. The molecule has 1 saturated carbocycles. The Bertz CT molecular complexity index is 1830. The maximum absolute atomic E-state index is 14.3. The molecule has 9 heteroatoms. The van der Waals surface area contributed by atoms with Gasteiger partial charge in [-0.05, 0) is 60.6 Å². The number of aryl methyl sites for hydroxylation is 1. The molecule has 2 aliphatic rings. The zero-order valence-corrected chi connectivity index (χ0v) is 21.2. The van der Waals surface area contributed by atoms with Gasteiger partial charge in [0.05, 0.1) is 5.69 Å². The van der Waals surface area contributed by atoms with Crippen molar-refractivity contribution in [2.45, 2.75) is 32.8 Å². The number of rotatable bonds is 4. The molecule has 1 N–H and O–H groups in total. The Morgan fingerprint density at radius 3 is 2.79 bits per heavy atom. The zero-order valence-electron chi connectivity index (χ0n) is 20.4. The molecule has 1 aliphatic heterocycles. The molecule has 0 radical (unpaired) electrons. The Kier molecular flexibility index (Phi) is 5.26. The van der Waals surface area contributed by atoms with Crippen LogP contribution in [-0.2, 0) is 13.0 Å². The number of hydrogen-bond acceptors (Lipinski definition) is 5. The smallest absolute Gasteiger partial charge is 0.439 e. The largest absolute Gasteiger partial charge is 0.488 e. The topological polar surface area (TPSA) is 85.4 Å². The molecule has 1 fully saturated rings. The summed E-state index contributed by atoms with van der Waals surface area (Å²) in [4.78, 5) is 19.3. The minimum Gasteiger partial charge on any atom is -0.488 e. The molecule has 2 aromatic carbocycles. The zero-order chi connectivity index (χ0) is 26.0. The number of H-pyrrole nitrogens is 1. The molecule has 5 aromatic rings. The second-order valence-electron chi connectivity index (χ2n) is 9.82. The Morgan fingerprint density at radius 1 is 1.16 bits per heavy atom. The van der Waals surface area contributed by atoms with Gasteiger partial charge in [0.25, 0.3) is 0 Å². The number of halogens is 2. The van der Waals surface area contributed by atoms with E-state index < -0.39 is 5.76 Å². The van der Waals surface area contributed by atoms with Gasteiger partial charge in [0, 0.05) is 52.2 Å². The van der Waals surface area contributed by atoms with E-state index in [9.17, 15) is 9.18 Å². The van der Waals surface area contributed by atoms with E-state index in [0.29, 0.717) is 23.0 Å². The van der Waals surface area contributed by atoms with Crippen molar-refractivity contribution < 1.29 is 13.7 Å². The van der Waals surface area contributed by atoms with Gasteiger partial charge >= 0.3 is 5.76 Å². The average molecular weight is 529 g/mol. The van der Waals surface area contributed by atoms with Crippen LogP contribution in [0.25, 0.3) is 16.8 Å². The van der Waals surface area contributed by atoms with Crippen molar-refractivity contribution >= 4 is 28.4 Å². The van der Waals surface area contributed by atoms with Gasteiger partial charge in [-0.3, -0.25) is 9.51 Å². The van der Waals surface area contributed by atoms with Crippen LogP contribution in [0.15, 0.2) is 64.0 Å². The molecule has 7 nitrogen and oxygen atoms in total. The van der Waals surface area contributed by atoms with Gasteiger partial charge in [0.2, 0.25) is 0 Å². The lowest BCUT2D eigenvalue weighted by atomic mass is 9.87. The van der Waals surface area contributed by atoms with Crippen molar-refractivity contribution in [3.8, 4) is 5.75 Å². The quantitative estimate of drug-likeness (QED) is 0.311. The third-order valence-electron chi connectivity index (χ3n) is 7.24. The fraction of sp³-hybridized carbons (Fsp3) is 0.207. The van der Waals surface area contributed by atoms with Crippen LogP contribution >= 0.6 is 11.6 Å². The SMILES string of the molecule is Cc1nc2cc(Cl)ccn2c1Cc1ccc2c(c1)COc1cc(F)ccc1C2=C(c1noc(=O)[nH]1)C1CC1. The first-order valence-electron chi connectivity index (χ1n) is 12.4. The average Bonchev–Trinajstić information content (AvgIpc) is 3.60. The predicted molar refractivity (Wildman–Crippen MR) is 141 cm³/mol. The van der Waals surface area contributed by atoms with E-state index in [2.05, 4.69) is 37.7 Å². The van der Waals surface area contributed by atoms with Crippen molar-refractivity contribution in [3.63, 3.8) is 0 Å². The molecule has 3 aromatic heterocycles. The summed E-state index contributed by atoms with van der Waals surface area (Å²) in [5, 5.41) is 4.67. The molecule has 0 bridgehead atoms. The standard InChI is InChI=1S/C29H22ClFN4O3/c1-15-23(35-9-8-19(30)12-25(35)32-15)11-16-2-6-21-18(10-16)14-37-24-13-20(31)5-7-22(24)27(21)26(17-3-4-17)28-33-29(36)38-34-28/h2,5-10,12-13,17H,3-4,11,14H2,1H3,(H,33,34,36). The minimum absolute atomic E-state index is 0.210. The highest BCUT2D eigenvalue weighted by Gasteiger charge is 2.35. The van der Waals surface area contributed by atoms with E-state index in [0.717, 1.165) is 63.3 Å². The van der Waals surface area contributed by atoms with Crippen molar-refractivity contribution in [1.29, 1.82) is 0 Å². The van der Waals surface area contributed by atoms with E-state index in [1.807, 2.05) is 25.3 Å². The van der Waals surface area contributed by atoms with Crippen LogP contribution in [0, 0.1) is 18.7 Å². The molecular formula is C29H22ClFN4O3. The number of ether oxygens (including phenoxy) is 1. The van der Waals surface area contributed by atoms with E-state index in [-0.39, 0.29) is 18.3 Å². The summed E-state index contributed by atoms with van der Waals surface area (Å²) in [6, 6.07) is 14.6. The van der Waals surface area contributed by atoms with Crippen LogP contribution < -0.4 is 10.5 Å². The lowest BCUT2D eigenvalue weighted by Gasteiger charge is -2.16. The second-order valence-corrected chi connectivity index (χ2v) is 10.3. The van der Waals surface area contributed by atoms with Gasteiger partial charge in [0.1, 0.15) is 23.8 Å². The summed E-state index contributed by atoms with van der Waals surface area (Å²) in [6.45, 7) is 2.27. The fourth-order valence-corrected chi connectivity index (χ4v) is 5.52. The molecule has 7 rings (SSSR count). The maximum atomic E-state index is 14.3. The van der Waals surface area contributed by atoms with Gasteiger partial charge in [-0.1, -0.05) is 35.0 Å². The second kappa shape index (κ2) is 8.70. The van der Waals surface area contributed by atoms with Crippen LogP contribution in [0.1, 0.15) is 52.3 Å². The van der Waals surface area contributed by atoms with Crippen molar-refractivity contribution in [2.24, 2.45) is 5.92 Å². The first-order valence-corrected chi connectivity index (χ1v) is 12.8. The van der Waals surface area contributed by atoms with Crippen LogP contribution in [0.5, 0.6) is 5.75 Å². The molecule has 0 saturated heterocycles. The number of nitrogens with zero attached hydrogens (tertiary/aromatic N) is 3. The third kappa shape index (κ3) is 3.92. The molecule has 0 amide bonds. The molecule has 0 spiro atoms. The van der Waals surface area contributed by atoms with Gasteiger partial charge in [-0.15, -0.1) is 0 Å². The highest BCUT2D eigenvalue weighted by Crippen LogP contribution is 2.49. The first-order chi connectivity index (χ1) is 18.4. The highest BCUT2D eigenvalue weighted by atomic mass is 35.5. The number of benzene rings is 2. The summed E-state index contributed by atoms with van der Waals surface area (Å²) in [6.07, 6.45) is 4.53. The normalized spacial score (nSPS) is 16.1. The number of fused-ring (bicyclic) bond motifs is 3. The Hall–Kier alpha value is -4.17. The fourth-order valence-electron chi connectivity index (χ4n) is 5.36. The third-order valence-corrected chi connectivity index (χ3v) is 7.48. The Morgan fingerprint density at radius 2 is 2.00 bits per heavy atom. The first kappa shape index (κ1) is 23.0. The molecule has 190 valence electrons. The molecule has 38 heavy (non-hydrogen) atoms. The number of pyridine rings is 1. The van der Waals surface area contributed by atoms with Gasteiger partial charge in [0.15, 0.2) is 5.82 Å².